The van der Waals surface area contributed by atoms with Crippen LogP contribution in [-0.2, 0) is 11.3 Å². The Morgan fingerprint density at radius 1 is 1.02 bits per heavy atom. The van der Waals surface area contributed by atoms with Crippen LogP contribution in [-0.4, -0.2) is 39.8 Å². The highest BCUT2D eigenvalue weighted by molar-refractivity contribution is 8.00. The van der Waals surface area contributed by atoms with Gasteiger partial charge >= 0.3 is 0 Å². The number of benzene rings is 3. The topological polar surface area (TPSA) is 102 Å². The highest BCUT2D eigenvalue weighted by Gasteiger charge is 2.23. The molecule has 1 fully saturated rings. The summed E-state index contributed by atoms with van der Waals surface area (Å²) in [5, 5.41) is 6.54. The molecule has 4 aromatic rings. The van der Waals surface area contributed by atoms with E-state index in [1.54, 1.807) is 48.1 Å². The quantitative estimate of drug-likeness (QED) is 0.189. The molecule has 2 amide bonds. The third-order valence-corrected chi connectivity index (χ3v) is 8.70. The van der Waals surface area contributed by atoms with E-state index in [1.807, 2.05) is 43.3 Å². The van der Waals surface area contributed by atoms with Gasteiger partial charge in [-0.3, -0.25) is 19.0 Å². The van der Waals surface area contributed by atoms with E-state index in [9.17, 15) is 14.4 Å². The summed E-state index contributed by atoms with van der Waals surface area (Å²) < 4.78 is 6.99. The van der Waals surface area contributed by atoms with Gasteiger partial charge in [0.15, 0.2) is 5.16 Å². The second-order valence-electron chi connectivity index (χ2n) is 10.2. The number of hydrogen-bond acceptors (Lipinski definition) is 6. The number of carbonyl (C=O) groups excluding carboxylic acids is 2. The fraction of sp³-hybridized carbons (Fsp3) is 0.312. The van der Waals surface area contributed by atoms with Crippen molar-refractivity contribution in [3.05, 3.63) is 94.3 Å². The number of aromatic nitrogens is 2. The lowest BCUT2D eigenvalue weighted by Crippen LogP contribution is -2.32. The SMILES string of the molecule is CC[C@H](Sc1nc2ccccc2c(=O)n1Cc1ccc(C(=O)NC2CCCC2)cc1)C(=O)Nc1ccccc1OC. The number of para-hydroxylation sites is 3. The van der Waals surface area contributed by atoms with E-state index in [2.05, 4.69) is 10.6 Å². The number of carbonyl (C=O) groups is 2. The Morgan fingerprint density at radius 3 is 2.46 bits per heavy atom. The summed E-state index contributed by atoms with van der Waals surface area (Å²) in [4.78, 5) is 44.5. The summed E-state index contributed by atoms with van der Waals surface area (Å²) >= 11 is 1.27. The predicted molar refractivity (Wildman–Crippen MR) is 163 cm³/mol. The number of amides is 2. The fourth-order valence-corrected chi connectivity index (χ4v) is 6.08. The molecule has 8 nitrogen and oxygen atoms in total. The molecule has 0 unspecified atom stereocenters. The predicted octanol–water partition coefficient (Wildman–Crippen LogP) is 5.64. The first-order valence-corrected chi connectivity index (χ1v) is 14.8. The minimum Gasteiger partial charge on any atom is -0.495 e. The molecule has 1 aliphatic carbocycles. The van der Waals surface area contributed by atoms with Gasteiger partial charge in [0.1, 0.15) is 5.75 Å². The Morgan fingerprint density at radius 2 is 1.73 bits per heavy atom. The van der Waals surface area contributed by atoms with Crippen LogP contribution in [0.5, 0.6) is 5.75 Å². The summed E-state index contributed by atoms with van der Waals surface area (Å²) in [5.74, 6) is 0.298. The zero-order chi connectivity index (χ0) is 28.8. The van der Waals surface area contributed by atoms with Crippen LogP contribution in [0.2, 0.25) is 0 Å². The minimum atomic E-state index is -0.499. The van der Waals surface area contributed by atoms with E-state index in [1.165, 1.54) is 11.8 Å². The molecule has 212 valence electrons. The molecule has 3 aromatic carbocycles. The Kier molecular flexibility index (Phi) is 9.04. The van der Waals surface area contributed by atoms with Crippen LogP contribution >= 0.6 is 11.8 Å². The number of hydrogen-bond donors (Lipinski definition) is 2. The first-order valence-electron chi connectivity index (χ1n) is 14.0. The molecule has 1 heterocycles. The molecule has 41 heavy (non-hydrogen) atoms. The molecule has 0 spiro atoms. The summed E-state index contributed by atoms with van der Waals surface area (Å²) in [7, 11) is 1.56. The van der Waals surface area contributed by atoms with Crippen molar-refractivity contribution in [1.29, 1.82) is 0 Å². The lowest BCUT2D eigenvalue weighted by molar-refractivity contribution is -0.115. The van der Waals surface area contributed by atoms with Crippen molar-refractivity contribution in [3.63, 3.8) is 0 Å². The summed E-state index contributed by atoms with van der Waals surface area (Å²) in [6.45, 7) is 2.19. The van der Waals surface area contributed by atoms with Gasteiger partial charge in [-0.25, -0.2) is 4.98 Å². The molecule has 1 aromatic heterocycles. The zero-order valence-corrected chi connectivity index (χ0v) is 24.1. The second-order valence-corrected chi connectivity index (χ2v) is 11.3. The number of nitrogens with one attached hydrogen (secondary N) is 2. The van der Waals surface area contributed by atoms with Crippen molar-refractivity contribution in [2.24, 2.45) is 0 Å². The van der Waals surface area contributed by atoms with Crippen LogP contribution in [0, 0.1) is 0 Å². The molecule has 1 aliphatic rings. The number of anilines is 1. The van der Waals surface area contributed by atoms with Gasteiger partial charge in [-0.1, -0.05) is 67.9 Å². The van der Waals surface area contributed by atoms with Crippen molar-refractivity contribution in [3.8, 4) is 5.75 Å². The van der Waals surface area contributed by atoms with E-state index in [4.69, 9.17) is 9.72 Å². The molecular formula is C32H34N4O4S. The van der Waals surface area contributed by atoms with E-state index >= 15 is 0 Å². The van der Waals surface area contributed by atoms with Gasteiger partial charge in [-0.2, -0.15) is 0 Å². The maximum atomic E-state index is 13.7. The fourth-order valence-electron chi connectivity index (χ4n) is 5.07. The minimum absolute atomic E-state index is 0.0731. The molecule has 5 rings (SSSR count). The number of methoxy groups -OCH3 is 1. The van der Waals surface area contributed by atoms with Gasteiger partial charge in [0.2, 0.25) is 5.91 Å². The maximum Gasteiger partial charge on any atom is 0.262 e. The van der Waals surface area contributed by atoms with Gasteiger partial charge in [0.25, 0.3) is 11.5 Å². The Labute approximate surface area is 243 Å². The molecular weight excluding hydrogens is 536 g/mol. The van der Waals surface area contributed by atoms with Crippen LogP contribution in [0.15, 0.2) is 82.7 Å². The van der Waals surface area contributed by atoms with Crippen molar-refractivity contribution >= 4 is 40.2 Å². The van der Waals surface area contributed by atoms with Gasteiger partial charge in [0, 0.05) is 11.6 Å². The summed E-state index contributed by atoms with van der Waals surface area (Å²) in [6.07, 6.45) is 4.88. The summed E-state index contributed by atoms with van der Waals surface area (Å²) in [5.41, 5.74) is 2.43. The van der Waals surface area contributed by atoms with Gasteiger partial charge < -0.3 is 15.4 Å². The standard InChI is InChI=1S/C32H34N4O4S/c1-3-28(30(38)34-26-14-8-9-15-27(26)40-2)41-32-35-25-13-7-6-12-24(25)31(39)36(32)20-21-16-18-22(19-17-21)29(37)33-23-10-4-5-11-23/h6-9,12-19,23,28H,3-5,10-11,20H2,1-2H3,(H,33,37)(H,34,38)/t28-/m0/s1. The molecule has 0 saturated heterocycles. The van der Waals surface area contributed by atoms with Crippen LogP contribution in [0.1, 0.15) is 54.9 Å². The average Bonchev–Trinajstić information content (AvgIpc) is 3.51. The number of rotatable bonds is 10. The van der Waals surface area contributed by atoms with Crippen molar-refractivity contribution in [2.45, 2.75) is 62.0 Å². The monoisotopic (exact) mass is 570 g/mol. The second kappa shape index (κ2) is 13.0. The van der Waals surface area contributed by atoms with E-state index in [0.29, 0.717) is 39.5 Å². The lowest BCUT2D eigenvalue weighted by Gasteiger charge is -2.19. The number of thioether (sulfide) groups is 1. The maximum absolute atomic E-state index is 13.7. The Bertz CT molecular complexity index is 1600. The van der Waals surface area contributed by atoms with Crippen molar-refractivity contribution in [2.75, 3.05) is 12.4 Å². The van der Waals surface area contributed by atoms with Crippen molar-refractivity contribution < 1.29 is 14.3 Å². The normalized spacial score (nSPS) is 14.1. The molecule has 1 atom stereocenters. The molecule has 0 radical (unpaired) electrons. The third kappa shape index (κ3) is 6.62. The van der Waals surface area contributed by atoms with Crippen LogP contribution in [0.25, 0.3) is 10.9 Å². The highest BCUT2D eigenvalue weighted by Crippen LogP contribution is 2.29. The molecule has 0 bridgehead atoms. The first-order chi connectivity index (χ1) is 20.0. The van der Waals surface area contributed by atoms with E-state index < -0.39 is 5.25 Å². The first kappa shape index (κ1) is 28.4. The van der Waals surface area contributed by atoms with E-state index in [0.717, 1.165) is 31.2 Å². The largest absolute Gasteiger partial charge is 0.495 e. The lowest BCUT2D eigenvalue weighted by atomic mass is 10.1. The van der Waals surface area contributed by atoms with Gasteiger partial charge in [0.05, 0.1) is 35.5 Å². The summed E-state index contributed by atoms with van der Waals surface area (Å²) in [6, 6.07) is 22.0. The molecule has 0 aliphatic heterocycles. The van der Waals surface area contributed by atoms with Crippen LogP contribution in [0.3, 0.4) is 0 Å². The number of fused-ring (bicyclic) bond motifs is 1. The van der Waals surface area contributed by atoms with E-state index in [-0.39, 0.29) is 30.0 Å². The number of nitrogens with zero attached hydrogens (tertiary/aromatic N) is 2. The Hall–Kier alpha value is -4.11. The van der Waals surface area contributed by atoms with Crippen LogP contribution in [0.4, 0.5) is 5.69 Å². The van der Waals surface area contributed by atoms with Crippen molar-refractivity contribution in [1.82, 2.24) is 14.9 Å². The smallest absolute Gasteiger partial charge is 0.262 e. The Balaban J connectivity index is 1.40. The zero-order valence-electron chi connectivity index (χ0n) is 23.3. The molecule has 1 saturated carbocycles. The van der Waals surface area contributed by atoms with Gasteiger partial charge in [-0.15, -0.1) is 0 Å². The number of ether oxygens (including phenoxy) is 1. The molecule has 9 heteroatoms. The third-order valence-electron chi connectivity index (χ3n) is 7.35. The molecule has 2 N–H and O–H groups in total. The average molecular weight is 571 g/mol. The highest BCUT2D eigenvalue weighted by atomic mass is 32.2. The van der Waals surface area contributed by atoms with Gasteiger partial charge in [-0.05, 0) is 61.2 Å². The van der Waals surface area contributed by atoms with Crippen LogP contribution < -0.4 is 20.9 Å².